The lowest BCUT2D eigenvalue weighted by molar-refractivity contribution is -0.147. The molecule has 0 heterocycles. The van der Waals surface area contributed by atoms with Gasteiger partial charge in [-0.1, -0.05) is 30.3 Å². The summed E-state index contributed by atoms with van der Waals surface area (Å²) in [6.45, 7) is 0.228. The number of halogens is 2. The zero-order valence-corrected chi connectivity index (χ0v) is 17.1. The summed E-state index contributed by atoms with van der Waals surface area (Å²) in [7, 11) is 0. The van der Waals surface area contributed by atoms with E-state index in [-0.39, 0.29) is 23.9 Å². The van der Waals surface area contributed by atoms with Crippen molar-refractivity contribution in [3.8, 4) is 5.75 Å². The zero-order chi connectivity index (χ0) is 23.1. The number of hydrogen-bond donors (Lipinski definition) is 3. The summed E-state index contributed by atoms with van der Waals surface area (Å²) in [5.41, 5.74) is 5.60. The van der Waals surface area contributed by atoms with Crippen molar-refractivity contribution >= 4 is 23.3 Å². The highest BCUT2D eigenvalue weighted by Crippen LogP contribution is 2.46. The number of carboxylic acids is 1. The Bertz CT molecular complexity index is 1060. The van der Waals surface area contributed by atoms with Crippen LogP contribution in [0.4, 0.5) is 20.2 Å². The van der Waals surface area contributed by atoms with Gasteiger partial charge in [0.1, 0.15) is 17.8 Å². The predicted molar refractivity (Wildman–Crippen MR) is 116 cm³/mol. The lowest BCUT2D eigenvalue weighted by atomic mass is 10.1. The molecule has 8 heteroatoms. The normalized spacial score (nSPS) is 13.3. The molecule has 6 nitrogen and oxygen atoms in total. The third kappa shape index (κ3) is 5.81. The van der Waals surface area contributed by atoms with Crippen LogP contribution in [0.25, 0.3) is 0 Å². The van der Waals surface area contributed by atoms with Crippen LogP contribution in [0.2, 0.25) is 0 Å². The Labute approximate surface area is 183 Å². The number of ether oxygens (including phenoxy) is 1. The Morgan fingerprint density at radius 3 is 2.19 bits per heavy atom. The van der Waals surface area contributed by atoms with Gasteiger partial charge in [-0.05, 0) is 54.8 Å². The van der Waals surface area contributed by atoms with Crippen molar-refractivity contribution in [1.82, 2.24) is 0 Å². The number of amides is 1. The largest absolute Gasteiger partial charge is 0.486 e. The Balaban J connectivity index is 0.000000305. The second-order valence-electron chi connectivity index (χ2n) is 7.31. The maximum absolute atomic E-state index is 14.1. The summed E-state index contributed by atoms with van der Waals surface area (Å²) in [5.74, 6) is -2.57. The molecule has 0 atom stereocenters. The molecular formula is C24H22F2N2O4. The lowest BCUT2D eigenvalue weighted by Gasteiger charge is -2.12. The van der Waals surface area contributed by atoms with Gasteiger partial charge in [-0.2, -0.15) is 0 Å². The first kappa shape index (κ1) is 22.7. The highest BCUT2D eigenvalue weighted by molar-refractivity contribution is 6.10. The summed E-state index contributed by atoms with van der Waals surface area (Å²) in [6, 6.07) is 19.1. The molecule has 166 valence electrons. The lowest BCUT2D eigenvalue weighted by Crippen LogP contribution is -2.31. The van der Waals surface area contributed by atoms with Gasteiger partial charge in [0.15, 0.2) is 11.6 Å². The van der Waals surface area contributed by atoms with E-state index in [0.29, 0.717) is 18.5 Å². The molecule has 0 radical (unpaired) electrons. The number of rotatable bonds is 6. The second kappa shape index (κ2) is 9.91. The zero-order valence-electron chi connectivity index (χ0n) is 17.1. The molecule has 1 aliphatic carbocycles. The number of anilines is 2. The highest BCUT2D eigenvalue weighted by atomic mass is 19.1. The van der Waals surface area contributed by atoms with E-state index in [1.54, 1.807) is 0 Å². The Hall–Kier alpha value is -3.94. The average molecular weight is 440 g/mol. The van der Waals surface area contributed by atoms with Crippen LogP contribution in [0.15, 0.2) is 72.8 Å². The molecule has 1 saturated carbocycles. The van der Waals surface area contributed by atoms with Gasteiger partial charge in [-0.3, -0.25) is 9.59 Å². The van der Waals surface area contributed by atoms with Crippen molar-refractivity contribution in [3.63, 3.8) is 0 Å². The minimum absolute atomic E-state index is 0.0659. The summed E-state index contributed by atoms with van der Waals surface area (Å²) in [6.07, 6.45) is 0.601. The maximum Gasteiger partial charge on any atom is 0.319 e. The number of nitrogens with one attached hydrogen (secondary N) is 1. The standard InChI is InChI=1S/C18H16FNO4.C6H6FN/c19-14-10-13(20-16(21)18(8-9-18)17(22)23)6-7-15(14)24-11-12-4-2-1-3-5-12;7-5-1-3-6(8)4-2-5/h1-7,10H,8-9,11H2,(H,20,21)(H,22,23);1-4H,8H2. The minimum Gasteiger partial charge on any atom is -0.486 e. The van der Waals surface area contributed by atoms with Crippen molar-refractivity contribution in [1.29, 1.82) is 0 Å². The maximum atomic E-state index is 14.1. The summed E-state index contributed by atoms with van der Waals surface area (Å²) >= 11 is 0. The van der Waals surface area contributed by atoms with E-state index < -0.39 is 23.1 Å². The highest BCUT2D eigenvalue weighted by Gasteiger charge is 2.57. The SMILES string of the molecule is Nc1ccc(F)cc1.O=C(O)C1(C(=O)Nc2ccc(OCc3ccccc3)c(F)c2)CC1. The summed E-state index contributed by atoms with van der Waals surface area (Å²) in [4.78, 5) is 23.1. The van der Waals surface area contributed by atoms with Gasteiger partial charge in [0.25, 0.3) is 0 Å². The third-order valence-electron chi connectivity index (χ3n) is 4.89. The smallest absolute Gasteiger partial charge is 0.319 e. The molecule has 1 amide bonds. The van der Waals surface area contributed by atoms with Crippen molar-refractivity contribution in [3.05, 3.63) is 90.0 Å². The number of aliphatic carboxylic acids is 1. The number of carbonyl (C=O) groups is 2. The fraction of sp³-hybridized carbons (Fsp3) is 0.167. The van der Waals surface area contributed by atoms with E-state index in [1.165, 1.54) is 36.4 Å². The minimum atomic E-state index is -1.36. The van der Waals surface area contributed by atoms with E-state index in [2.05, 4.69) is 5.32 Å². The molecule has 4 rings (SSSR count). The Morgan fingerprint density at radius 2 is 1.66 bits per heavy atom. The molecule has 0 saturated heterocycles. The Morgan fingerprint density at radius 1 is 1.00 bits per heavy atom. The molecule has 0 spiro atoms. The molecule has 4 N–H and O–H groups in total. The topological polar surface area (TPSA) is 102 Å². The van der Waals surface area contributed by atoms with Crippen molar-refractivity contribution in [2.24, 2.45) is 5.41 Å². The van der Waals surface area contributed by atoms with Crippen LogP contribution in [0.1, 0.15) is 18.4 Å². The van der Waals surface area contributed by atoms with Crippen LogP contribution in [-0.4, -0.2) is 17.0 Å². The quantitative estimate of drug-likeness (QED) is 0.384. The molecule has 0 aliphatic heterocycles. The first-order valence-electron chi connectivity index (χ1n) is 9.82. The van der Waals surface area contributed by atoms with Crippen LogP contribution >= 0.6 is 0 Å². The monoisotopic (exact) mass is 440 g/mol. The summed E-state index contributed by atoms with van der Waals surface area (Å²) < 4.78 is 31.5. The molecule has 0 unspecified atom stereocenters. The molecule has 0 aromatic heterocycles. The van der Waals surface area contributed by atoms with Crippen LogP contribution in [0, 0.1) is 17.0 Å². The number of benzene rings is 3. The number of nitrogens with two attached hydrogens (primary N) is 1. The van der Waals surface area contributed by atoms with Crippen molar-refractivity contribution in [2.45, 2.75) is 19.4 Å². The van der Waals surface area contributed by atoms with E-state index >= 15 is 0 Å². The van der Waals surface area contributed by atoms with Gasteiger partial charge in [0.2, 0.25) is 5.91 Å². The first-order chi connectivity index (χ1) is 15.3. The summed E-state index contributed by atoms with van der Waals surface area (Å²) in [5, 5.41) is 11.5. The molecule has 32 heavy (non-hydrogen) atoms. The van der Waals surface area contributed by atoms with Crippen molar-refractivity contribution < 1.29 is 28.2 Å². The van der Waals surface area contributed by atoms with Crippen LogP contribution in [-0.2, 0) is 16.2 Å². The van der Waals surface area contributed by atoms with E-state index in [0.717, 1.165) is 11.6 Å². The van der Waals surface area contributed by atoms with Crippen LogP contribution in [0.3, 0.4) is 0 Å². The van der Waals surface area contributed by atoms with Gasteiger partial charge in [-0.15, -0.1) is 0 Å². The Kier molecular flexibility index (Phi) is 7.04. The number of carbonyl (C=O) groups excluding carboxylic acids is 1. The van der Waals surface area contributed by atoms with Gasteiger partial charge >= 0.3 is 5.97 Å². The van der Waals surface area contributed by atoms with Crippen LogP contribution in [0.5, 0.6) is 5.75 Å². The van der Waals surface area contributed by atoms with E-state index in [9.17, 15) is 18.4 Å². The van der Waals surface area contributed by atoms with Crippen molar-refractivity contribution in [2.75, 3.05) is 11.1 Å². The fourth-order valence-corrected chi connectivity index (χ4v) is 2.81. The molecule has 3 aromatic carbocycles. The molecule has 3 aromatic rings. The predicted octanol–water partition coefficient (Wildman–Crippen LogP) is 4.62. The fourth-order valence-electron chi connectivity index (χ4n) is 2.81. The third-order valence-corrected chi connectivity index (χ3v) is 4.89. The van der Waals surface area contributed by atoms with Gasteiger partial charge in [-0.25, -0.2) is 8.78 Å². The number of hydrogen-bond acceptors (Lipinski definition) is 4. The molecule has 0 bridgehead atoms. The average Bonchev–Trinajstić information content (AvgIpc) is 3.59. The van der Waals surface area contributed by atoms with E-state index in [1.807, 2.05) is 30.3 Å². The van der Waals surface area contributed by atoms with Gasteiger partial charge in [0, 0.05) is 17.4 Å². The van der Waals surface area contributed by atoms with Gasteiger partial charge in [0.05, 0.1) is 0 Å². The molecule has 1 aliphatic rings. The first-order valence-corrected chi connectivity index (χ1v) is 9.82. The van der Waals surface area contributed by atoms with Gasteiger partial charge < -0.3 is 20.9 Å². The second-order valence-corrected chi connectivity index (χ2v) is 7.31. The van der Waals surface area contributed by atoms with E-state index in [4.69, 9.17) is 15.6 Å². The van der Waals surface area contributed by atoms with Crippen LogP contribution < -0.4 is 15.8 Å². The number of nitrogen functional groups attached to an aromatic ring is 1. The molecule has 1 fully saturated rings. The number of carboxylic acid groups (broad SMARTS) is 1. The molecular weight excluding hydrogens is 418 g/mol.